The first kappa shape index (κ1) is 10.1. The average Bonchev–Trinajstić information content (AvgIpc) is 2.69. The minimum atomic E-state index is 0.475. The third-order valence-corrected chi connectivity index (χ3v) is 2.53. The topological polar surface area (TPSA) is 56.7 Å². The van der Waals surface area contributed by atoms with E-state index in [4.69, 9.17) is 17.3 Å². The van der Waals surface area contributed by atoms with Crippen molar-refractivity contribution in [1.82, 2.24) is 14.8 Å². The molecule has 2 rings (SSSR count). The predicted molar refractivity (Wildman–Crippen MR) is 58.5 cm³/mol. The summed E-state index contributed by atoms with van der Waals surface area (Å²) in [5.41, 5.74) is 7.56. The van der Waals surface area contributed by atoms with E-state index in [1.165, 1.54) is 0 Å². The number of hydrogen-bond acceptors (Lipinski definition) is 3. The Kier molecular flexibility index (Phi) is 2.99. The van der Waals surface area contributed by atoms with E-state index in [1.807, 2.05) is 16.8 Å². The fourth-order valence-electron chi connectivity index (χ4n) is 1.37. The zero-order valence-corrected chi connectivity index (χ0v) is 8.85. The van der Waals surface area contributed by atoms with E-state index in [9.17, 15) is 0 Å². The molecule has 0 amide bonds. The van der Waals surface area contributed by atoms with Gasteiger partial charge < -0.3 is 5.73 Å². The lowest BCUT2D eigenvalue weighted by molar-refractivity contribution is 0.645. The van der Waals surface area contributed by atoms with Crippen molar-refractivity contribution in [3.05, 3.63) is 47.0 Å². The molecule has 0 spiro atoms. The van der Waals surface area contributed by atoms with Crippen LogP contribution in [0.2, 0.25) is 5.02 Å². The summed E-state index contributed by atoms with van der Waals surface area (Å²) in [5.74, 6) is 0. The summed E-state index contributed by atoms with van der Waals surface area (Å²) in [4.78, 5) is 3.93. The number of nitrogens with zero attached hydrogens (tertiary/aromatic N) is 3. The first-order valence-electron chi connectivity index (χ1n) is 4.60. The average molecular weight is 223 g/mol. The highest BCUT2D eigenvalue weighted by Crippen LogP contribution is 2.15. The molecule has 15 heavy (non-hydrogen) atoms. The van der Waals surface area contributed by atoms with Gasteiger partial charge in [0.1, 0.15) is 0 Å². The summed E-state index contributed by atoms with van der Waals surface area (Å²) in [7, 11) is 0. The predicted octanol–water partition coefficient (Wildman–Crippen LogP) is 1.44. The van der Waals surface area contributed by atoms with Crippen molar-refractivity contribution in [3.63, 3.8) is 0 Å². The monoisotopic (exact) mass is 222 g/mol. The van der Waals surface area contributed by atoms with Crippen LogP contribution in [-0.2, 0) is 13.1 Å². The number of nitrogens with two attached hydrogens (primary N) is 1. The molecule has 0 radical (unpaired) electrons. The first-order chi connectivity index (χ1) is 7.31. The van der Waals surface area contributed by atoms with Gasteiger partial charge in [-0.3, -0.25) is 9.67 Å². The molecular weight excluding hydrogens is 212 g/mol. The Balaban J connectivity index is 2.26. The van der Waals surface area contributed by atoms with Crippen LogP contribution in [0, 0.1) is 0 Å². The fraction of sp³-hybridized carbons (Fsp3) is 0.200. The lowest BCUT2D eigenvalue weighted by atomic mass is 10.2. The Hall–Kier alpha value is -1.39. The van der Waals surface area contributed by atoms with Crippen molar-refractivity contribution in [2.24, 2.45) is 5.73 Å². The van der Waals surface area contributed by atoms with Gasteiger partial charge >= 0.3 is 0 Å². The van der Waals surface area contributed by atoms with Crippen LogP contribution in [0.5, 0.6) is 0 Å². The van der Waals surface area contributed by atoms with E-state index in [-0.39, 0.29) is 0 Å². The van der Waals surface area contributed by atoms with Crippen LogP contribution in [0.3, 0.4) is 0 Å². The number of pyridine rings is 1. The van der Waals surface area contributed by atoms with Crippen molar-refractivity contribution in [3.8, 4) is 0 Å². The van der Waals surface area contributed by atoms with E-state index >= 15 is 0 Å². The van der Waals surface area contributed by atoms with Crippen LogP contribution in [0.15, 0.2) is 30.7 Å². The highest BCUT2D eigenvalue weighted by atomic mass is 35.5. The maximum atomic E-state index is 6.00. The van der Waals surface area contributed by atoms with Gasteiger partial charge in [0, 0.05) is 25.1 Å². The first-order valence-corrected chi connectivity index (χ1v) is 4.98. The molecule has 0 saturated carbocycles. The second-order valence-corrected chi connectivity index (χ2v) is 3.56. The van der Waals surface area contributed by atoms with Crippen LogP contribution >= 0.6 is 11.6 Å². The van der Waals surface area contributed by atoms with Gasteiger partial charge in [-0.05, 0) is 17.7 Å². The highest BCUT2D eigenvalue weighted by Gasteiger charge is 2.04. The second kappa shape index (κ2) is 4.42. The Morgan fingerprint density at radius 1 is 1.33 bits per heavy atom. The number of rotatable bonds is 3. The lowest BCUT2D eigenvalue weighted by Crippen LogP contribution is -2.10. The quantitative estimate of drug-likeness (QED) is 0.855. The third kappa shape index (κ3) is 2.16. The van der Waals surface area contributed by atoms with Gasteiger partial charge in [-0.15, -0.1) is 0 Å². The van der Waals surface area contributed by atoms with Crippen LogP contribution in [-0.4, -0.2) is 14.8 Å². The summed E-state index contributed by atoms with van der Waals surface area (Å²) >= 11 is 6.00. The molecule has 2 N–H and O–H groups in total. The van der Waals surface area contributed by atoms with Gasteiger partial charge in [0.05, 0.1) is 17.3 Å². The summed E-state index contributed by atoms with van der Waals surface area (Å²) in [6, 6.07) is 3.78. The maximum Gasteiger partial charge on any atom is 0.0678 e. The summed E-state index contributed by atoms with van der Waals surface area (Å²) < 4.78 is 1.83. The number of halogens is 1. The molecule has 0 aliphatic rings. The molecule has 0 aliphatic heterocycles. The van der Waals surface area contributed by atoms with Crippen LogP contribution in [0.4, 0.5) is 0 Å². The van der Waals surface area contributed by atoms with Crippen LogP contribution in [0.25, 0.3) is 0 Å². The highest BCUT2D eigenvalue weighted by molar-refractivity contribution is 6.31. The van der Waals surface area contributed by atoms with E-state index < -0.39 is 0 Å². The SMILES string of the molecule is NCc1ccnn1Cc1ccncc1Cl. The summed E-state index contributed by atoms with van der Waals surface area (Å²) in [6.07, 6.45) is 5.08. The van der Waals surface area contributed by atoms with Crippen molar-refractivity contribution >= 4 is 11.6 Å². The van der Waals surface area contributed by atoms with Crippen molar-refractivity contribution in [2.75, 3.05) is 0 Å². The minimum absolute atomic E-state index is 0.475. The van der Waals surface area contributed by atoms with Gasteiger partial charge in [-0.1, -0.05) is 11.6 Å². The second-order valence-electron chi connectivity index (χ2n) is 3.15. The molecule has 78 valence electrons. The van der Waals surface area contributed by atoms with Gasteiger partial charge in [-0.25, -0.2) is 0 Å². The molecule has 2 aromatic heterocycles. The van der Waals surface area contributed by atoms with Crippen molar-refractivity contribution in [1.29, 1.82) is 0 Å². The molecular formula is C10H11ClN4. The molecule has 5 heteroatoms. The Morgan fingerprint density at radius 3 is 2.93 bits per heavy atom. The summed E-state index contributed by atoms with van der Waals surface area (Å²) in [5, 5.41) is 4.83. The standard InChI is InChI=1S/C10H11ClN4/c11-10-6-13-3-1-8(10)7-15-9(5-12)2-4-14-15/h1-4,6H,5,7,12H2. The molecule has 0 aromatic carbocycles. The van der Waals surface area contributed by atoms with Gasteiger partial charge in [0.2, 0.25) is 0 Å². The molecule has 0 saturated heterocycles. The van der Waals surface area contributed by atoms with Gasteiger partial charge in [-0.2, -0.15) is 5.10 Å². The Morgan fingerprint density at radius 2 is 2.20 bits per heavy atom. The number of hydrogen-bond donors (Lipinski definition) is 1. The molecule has 0 bridgehead atoms. The molecule has 0 atom stereocenters. The van der Waals surface area contributed by atoms with E-state index in [0.717, 1.165) is 11.3 Å². The Labute approximate surface area is 92.7 Å². The van der Waals surface area contributed by atoms with Crippen LogP contribution < -0.4 is 5.73 Å². The van der Waals surface area contributed by atoms with E-state index in [0.29, 0.717) is 18.1 Å². The Bertz CT molecular complexity index is 452. The normalized spacial score (nSPS) is 10.5. The molecule has 2 aromatic rings. The molecule has 2 heterocycles. The maximum absolute atomic E-state index is 6.00. The third-order valence-electron chi connectivity index (χ3n) is 2.19. The van der Waals surface area contributed by atoms with Crippen molar-refractivity contribution < 1.29 is 0 Å². The molecule has 4 nitrogen and oxygen atoms in total. The van der Waals surface area contributed by atoms with Crippen molar-refractivity contribution in [2.45, 2.75) is 13.1 Å². The fourth-order valence-corrected chi connectivity index (χ4v) is 1.55. The van der Waals surface area contributed by atoms with E-state index in [2.05, 4.69) is 10.1 Å². The zero-order chi connectivity index (χ0) is 10.7. The van der Waals surface area contributed by atoms with E-state index in [1.54, 1.807) is 18.6 Å². The minimum Gasteiger partial charge on any atom is -0.325 e. The zero-order valence-electron chi connectivity index (χ0n) is 8.10. The molecule has 0 unspecified atom stereocenters. The molecule has 0 aliphatic carbocycles. The van der Waals surface area contributed by atoms with Gasteiger partial charge in [0.15, 0.2) is 0 Å². The largest absolute Gasteiger partial charge is 0.325 e. The van der Waals surface area contributed by atoms with Crippen LogP contribution in [0.1, 0.15) is 11.3 Å². The van der Waals surface area contributed by atoms with Gasteiger partial charge in [0.25, 0.3) is 0 Å². The molecule has 0 fully saturated rings. The smallest absolute Gasteiger partial charge is 0.0678 e. The lowest BCUT2D eigenvalue weighted by Gasteiger charge is -2.06. The summed E-state index contributed by atoms with van der Waals surface area (Å²) in [6.45, 7) is 1.10. The number of aromatic nitrogens is 3.